The van der Waals surface area contributed by atoms with E-state index in [4.69, 9.17) is 27.9 Å². The van der Waals surface area contributed by atoms with Crippen LogP contribution in [0.4, 0.5) is 24.5 Å². The zero-order valence-corrected chi connectivity index (χ0v) is 38.3. The van der Waals surface area contributed by atoms with E-state index in [9.17, 15) is 34.8 Å². The summed E-state index contributed by atoms with van der Waals surface area (Å²) in [6, 6.07) is 21.2. The maximum atomic E-state index is 13.9. The van der Waals surface area contributed by atoms with Crippen molar-refractivity contribution < 1.29 is 39.5 Å². The summed E-state index contributed by atoms with van der Waals surface area (Å²) in [7, 11) is -9.06. The van der Waals surface area contributed by atoms with Crippen LogP contribution in [0.2, 0.25) is 10.0 Å². The maximum absolute atomic E-state index is 13.9. The Balaban J connectivity index is 1.12. The molecule has 4 aromatic carbocycles. The van der Waals surface area contributed by atoms with E-state index in [0.29, 0.717) is 60.8 Å². The van der Waals surface area contributed by atoms with Crippen molar-refractivity contribution in [3.8, 4) is 11.5 Å². The lowest BCUT2D eigenvalue weighted by Crippen LogP contribution is -2.47. The number of piperazine rings is 1. The van der Waals surface area contributed by atoms with E-state index in [1.54, 1.807) is 30.3 Å². The van der Waals surface area contributed by atoms with Gasteiger partial charge in [-0.2, -0.15) is 13.2 Å². The van der Waals surface area contributed by atoms with Gasteiger partial charge >= 0.3 is 5.51 Å². The first kappa shape index (κ1) is 46.7. The number of piperidine rings is 1. The molecule has 3 aliphatic rings. The molecule has 0 bridgehead atoms. The number of allylic oxidation sites excluding steroid dienone is 1. The minimum absolute atomic E-state index is 0.00880. The van der Waals surface area contributed by atoms with Crippen molar-refractivity contribution >= 4 is 65.9 Å². The number of sulfonamides is 1. The van der Waals surface area contributed by atoms with Crippen LogP contribution in [-0.2, 0) is 19.9 Å². The average molecular weight is 949 g/mol. The second-order valence-electron chi connectivity index (χ2n) is 17.2. The summed E-state index contributed by atoms with van der Waals surface area (Å²) in [5.41, 5.74) is -1.44. The monoisotopic (exact) mass is 947 g/mol. The Hall–Kier alpha value is -4.32. The van der Waals surface area contributed by atoms with E-state index < -0.39 is 46.8 Å². The number of carbonyl (C=O) groups is 1. The number of anilines is 2. The molecule has 2 saturated heterocycles. The van der Waals surface area contributed by atoms with Crippen molar-refractivity contribution in [2.24, 2.45) is 5.41 Å². The fourth-order valence-electron chi connectivity index (χ4n) is 8.28. The summed E-state index contributed by atoms with van der Waals surface area (Å²) in [5.74, 6) is -0.903. The second kappa shape index (κ2) is 18.6. The first-order valence-electron chi connectivity index (χ1n) is 20.7. The number of benzene rings is 4. The number of alkyl halides is 3. The number of hydrogen-bond donors (Lipinski definition) is 2. The zero-order chi connectivity index (χ0) is 45.3. The van der Waals surface area contributed by atoms with Crippen molar-refractivity contribution in [1.29, 1.82) is 0 Å². The minimum atomic E-state index is -6.02. The van der Waals surface area contributed by atoms with Crippen LogP contribution in [0, 0.1) is 5.41 Å². The van der Waals surface area contributed by atoms with Gasteiger partial charge < -0.3 is 19.9 Å². The molecule has 7 rings (SSSR count). The molecule has 1 aliphatic carbocycles. The van der Waals surface area contributed by atoms with Crippen molar-refractivity contribution in [1.82, 2.24) is 14.5 Å². The Morgan fingerprint density at radius 3 is 2.22 bits per heavy atom. The molecule has 2 N–H and O–H groups in total. The van der Waals surface area contributed by atoms with Crippen LogP contribution in [0.3, 0.4) is 0 Å². The summed E-state index contributed by atoms with van der Waals surface area (Å²) < 4.78 is 103. The van der Waals surface area contributed by atoms with Gasteiger partial charge in [-0.25, -0.2) is 21.6 Å². The molecule has 63 heavy (non-hydrogen) atoms. The third kappa shape index (κ3) is 11.1. The van der Waals surface area contributed by atoms with Gasteiger partial charge in [0.2, 0.25) is 0 Å². The van der Waals surface area contributed by atoms with E-state index in [2.05, 4.69) is 41.1 Å². The van der Waals surface area contributed by atoms with E-state index >= 15 is 0 Å². The Morgan fingerprint density at radius 1 is 0.857 bits per heavy atom. The number of halogens is 5. The summed E-state index contributed by atoms with van der Waals surface area (Å²) in [4.78, 5) is 18.4. The first-order chi connectivity index (χ1) is 29.7. The highest BCUT2D eigenvalue weighted by Gasteiger charge is 2.48. The average Bonchev–Trinajstić information content (AvgIpc) is 3.22. The number of nitrogens with zero attached hydrogens (tertiary/aromatic N) is 3. The van der Waals surface area contributed by atoms with Crippen LogP contribution in [0.15, 0.2) is 100 Å². The van der Waals surface area contributed by atoms with Gasteiger partial charge in [-0.05, 0) is 129 Å². The summed E-state index contributed by atoms with van der Waals surface area (Å²) in [5, 5.41) is 3.92. The number of ether oxygens (including phenoxy) is 1. The maximum Gasteiger partial charge on any atom is 0.501 e. The molecular weight excluding hydrogens is 899 g/mol. The Bertz CT molecular complexity index is 2590. The molecule has 2 aliphatic heterocycles. The Labute approximate surface area is 377 Å². The predicted octanol–water partition coefficient (Wildman–Crippen LogP) is 9.49. The van der Waals surface area contributed by atoms with Crippen LogP contribution >= 0.6 is 23.2 Å². The number of amides is 1. The Morgan fingerprint density at radius 2 is 1.56 bits per heavy atom. The molecule has 11 nitrogen and oxygen atoms in total. The molecule has 0 saturated carbocycles. The molecule has 0 radical (unpaired) electrons. The zero-order valence-electron chi connectivity index (χ0n) is 35.1. The van der Waals surface area contributed by atoms with Gasteiger partial charge in [-0.15, -0.1) is 0 Å². The third-order valence-corrected chi connectivity index (χ3v) is 15.3. The molecule has 1 amide bonds. The van der Waals surface area contributed by atoms with E-state index in [0.717, 1.165) is 51.0 Å². The highest BCUT2D eigenvalue weighted by Crippen LogP contribution is 2.44. The second-order valence-corrected chi connectivity index (χ2v) is 21.7. The number of likely N-dealkylation sites (tertiary alicyclic amines) is 1. The third-order valence-electron chi connectivity index (χ3n) is 11.9. The van der Waals surface area contributed by atoms with Crippen LogP contribution in [0.1, 0.15) is 61.9 Å². The number of sulfone groups is 1. The fourth-order valence-corrected chi connectivity index (χ4v) is 10.6. The van der Waals surface area contributed by atoms with Gasteiger partial charge in [0.05, 0.1) is 16.1 Å². The highest BCUT2D eigenvalue weighted by molar-refractivity contribution is 7.92. The first-order valence-corrected chi connectivity index (χ1v) is 24.4. The molecule has 0 atom stereocenters. The number of rotatable bonds is 12. The molecule has 2 fully saturated rings. The van der Waals surface area contributed by atoms with Crippen molar-refractivity contribution in [3.63, 3.8) is 0 Å². The number of carbonyl (C=O) groups excluding carboxylic acids is 1. The lowest BCUT2D eigenvalue weighted by atomic mass is 9.72. The van der Waals surface area contributed by atoms with Gasteiger partial charge in [0.25, 0.3) is 25.8 Å². The number of nitrogens with one attached hydrogen (secondary N) is 2. The molecule has 4 aromatic rings. The molecule has 0 unspecified atom stereocenters. The van der Waals surface area contributed by atoms with Crippen molar-refractivity contribution in [2.45, 2.75) is 67.3 Å². The van der Waals surface area contributed by atoms with E-state index in [1.807, 2.05) is 28.8 Å². The lowest BCUT2D eigenvalue weighted by Gasteiger charge is -2.39. The molecule has 0 spiro atoms. The molecule has 2 heterocycles. The lowest BCUT2D eigenvalue weighted by molar-refractivity contribution is -0.0435. The van der Waals surface area contributed by atoms with Crippen LogP contribution in [0.25, 0.3) is 5.57 Å². The predicted molar refractivity (Wildman–Crippen MR) is 241 cm³/mol. The molecule has 338 valence electrons. The summed E-state index contributed by atoms with van der Waals surface area (Å²) in [6.07, 6.45) is 4.12. The van der Waals surface area contributed by atoms with Crippen LogP contribution in [-0.4, -0.2) is 97.0 Å². The molecule has 18 heteroatoms. The normalized spacial score (nSPS) is 18.3. The SMILES string of the molecule is CN1CCC(Nc2ccc(S(=O)(=O)NC(=O)c3ccc(N4CCN(CC5=C(c6ccc(Cl)cc6)CC(C)(C)CC5)CC4)cc3Oc3cccc(Cl)c3)cc2S(=O)(=O)C(F)(F)F)CC1. The highest BCUT2D eigenvalue weighted by atomic mass is 35.5. The van der Waals surface area contributed by atoms with E-state index in [1.165, 1.54) is 28.8 Å². The standard InChI is InChI=1S/C45H50Cl2F3N5O6S2/c1-44(2)18-15-31(39(28-44)30-7-9-32(46)10-8-30)29-54-21-23-55(24-22-54)35-11-13-38(41(26-35)61-36-6-4-5-33(47)25-36)43(56)52-63(59,60)37-12-14-40(51-34-16-19-53(3)20-17-34)42(27-37)62(57,58)45(48,49)50/h4-14,25-27,34,51H,15-24,28-29H2,1-3H3,(H,52,56). The molecular formula is C45H50Cl2F3N5O6S2. The van der Waals surface area contributed by atoms with Crippen LogP contribution < -0.4 is 19.7 Å². The molecule has 0 aromatic heterocycles. The van der Waals surface area contributed by atoms with Crippen LogP contribution in [0.5, 0.6) is 11.5 Å². The van der Waals surface area contributed by atoms with Gasteiger partial charge in [-0.1, -0.05) is 60.8 Å². The fraction of sp³-hybridized carbons (Fsp3) is 0.400. The van der Waals surface area contributed by atoms with Crippen molar-refractivity contribution in [3.05, 3.63) is 112 Å². The van der Waals surface area contributed by atoms with Gasteiger partial charge in [0, 0.05) is 60.6 Å². The Kier molecular flexibility index (Phi) is 13.8. The van der Waals surface area contributed by atoms with Gasteiger partial charge in [0.1, 0.15) is 16.4 Å². The summed E-state index contributed by atoms with van der Waals surface area (Å²) >= 11 is 12.5. The van der Waals surface area contributed by atoms with Gasteiger partial charge in [-0.3, -0.25) is 9.69 Å². The number of hydrogen-bond acceptors (Lipinski definition) is 10. The quantitative estimate of drug-likeness (QED) is 0.142. The topological polar surface area (TPSA) is 128 Å². The smallest absolute Gasteiger partial charge is 0.456 e. The van der Waals surface area contributed by atoms with Crippen molar-refractivity contribution in [2.75, 3.05) is 63.1 Å². The van der Waals surface area contributed by atoms with E-state index in [-0.39, 0.29) is 28.5 Å². The van der Waals surface area contributed by atoms with Gasteiger partial charge in [0.15, 0.2) is 0 Å². The largest absolute Gasteiger partial charge is 0.501 e. The minimum Gasteiger partial charge on any atom is -0.456 e. The summed E-state index contributed by atoms with van der Waals surface area (Å²) in [6.45, 7) is 9.50.